The highest BCUT2D eigenvalue weighted by Crippen LogP contribution is 2.31. The van der Waals surface area contributed by atoms with E-state index in [1.165, 1.54) is 12.1 Å². The molecule has 1 aliphatic rings. The van der Waals surface area contributed by atoms with Gasteiger partial charge in [0.25, 0.3) is 0 Å². The van der Waals surface area contributed by atoms with Gasteiger partial charge in [-0.25, -0.2) is 18.7 Å². The summed E-state index contributed by atoms with van der Waals surface area (Å²) in [5.74, 6) is -0.0734. The van der Waals surface area contributed by atoms with E-state index in [2.05, 4.69) is 30.7 Å². The lowest BCUT2D eigenvalue weighted by Crippen LogP contribution is -2.26. The standard InChI is InChI=1S/C26H25ClF2N4O/c1-16-9-24(34-15-17-5-6-19(28)11-22(17)29)21(27)14-33(16)20-10-18(12-30-13-20)23-7-8-31-25(32-23)26(2,3)4/h5-13H,14-15H2,1-4H3. The summed E-state index contributed by atoms with van der Waals surface area (Å²) in [5, 5.41) is 0.468. The van der Waals surface area contributed by atoms with Gasteiger partial charge in [-0.2, -0.15) is 0 Å². The van der Waals surface area contributed by atoms with Gasteiger partial charge in [-0.15, -0.1) is 0 Å². The van der Waals surface area contributed by atoms with Crippen LogP contribution in [0.15, 0.2) is 71.5 Å². The predicted molar refractivity (Wildman–Crippen MR) is 129 cm³/mol. The number of nitrogens with zero attached hydrogens (tertiary/aromatic N) is 4. The Morgan fingerprint density at radius 3 is 2.65 bits per heavy atom. The summed E-state index contributed by atoms with van der Waals surface area (Å²) in [4.78, 5) is 15.5. The molecule has 0 spiro atoms. The number of halogens is 3. The molecule has 8 heteroatoms. The summed E-state index contributed by atoms with van der Waals surface area (Å²) >= 11 is 6.53. The predicted octanol–water partition coefficient (Wildman–Crippen LogP) is 6.51. The zero-order chi connectivity index (χ0) is 24.5. The van der Waals surface area contributed by atoms with Crippen molar-refractivity contribution in [2.45, 2.75) is 39.7 Å². The molecule has 1 aromatic carbocycles. The Labute approximate surface area is 202 Å². The second-order valence-electron chi connectivity index (χ2n) is 9.11. The number of allylic oxidation sites excluding steroid dienone is 2. The van der Waals surface area contributed by atoms with Gasteiger partial charge in [-0.1, -0.05) is 32.4 Å². The Bertz CT molecular complexity index is 1280. The molecular formula is C26H25ClF2N4O. The van der Waals surface area contributed by atoms with Crippen LogP contribution in [0.2, 0.25) is 0 Å². The van der Waals surface area contributed by atoms with E-state index in [0.717, 1.165) is 34.5 Å². The molecule has 1 aliphatic heterocycles. The van der Waals surface area contributed by atoms with Crippen molar-refractivity contribution in [1.29, 1.82) is 0 Å². The van der Waals surface area contributed by atoms with E-state index in [-0.39, 0.29) is 17.6 Å². The van der Waals surface area contributed by atoms with Gasteiger partial charge in [0.05, 0.1) is 29.2 Å². The van der Waals surface area contributed by atoms with Crippen LogP contribution in [0.25, 0.3) is 11.3 Å². The van der Waals surface area contributed by atoms with Gasteiger partial charge in [-0.3, -0.25) is 4.98 Å². The molecule has 0 saturated carbocycles. The maximum atomic E-state index is 13.9. The Morgan fingerprint density at radius 2 is 1.91 bits per heavy atom. The average Bonchev–Trinajstić information content (AvgIpc) is 2.80. The highest BCUT2D eigenvalue weighted by Gasteiger charge is 2.21. The van der Waals surface area contributed by atoms with Crippen molar-refractivity contribution in [3.63, 3.8) is 0 Å². The third-order valence-electron chi connectivity index (χ3n) is 5.39. The van der Waals surface area contributed by atoms with Gasteiger partial charge in [0, 0.05) is 46.8 Å². The highest BCUT2D eigenvalue weighted by atomic mass is 35.5. The van der Waals surface area contributed by atoms with E-state index in [0.29, 0.717) is 17.3 Å². The lowest BCUT2D eigenvalue weighted by Gasteiger charge is -2.29. The van der Waals surface area contributed by atoms with Crippen molar-refractivity contribution >= 4 is 17.3 Å². The lowest BCUT2D eigenvalue weighted by molar-refractivity contribution is 0.204. The van der Waals surface area contributed by atoms with Crippen molar-refractivity contribution in [2.75, 3.05) is 11.4 Å². The normalized spacial score (nSPS) is 14.3. The van der Waals surface area contributed by atoms with Crippen molar-refractivity contribution in [3.8, 4) is 11.3 Å². The molecule has 2 aromatic heterocycles. The average molecular weight is 483 g/mol. The van der Waals surface area contributed by atoms with E-state index < -0.39 is 11.6 Å². The zero-order valence-corrected chi connectivity index (χ0v) is 20.2. The fourth-order valence-electron chi connectivity index (χ4n) is 3.49. The molecule has 0 aliphatic carbocycles. The van der Waals surface area contributed by atoms with E-state index in [9.17, 15) is 8.78 Å². The quantitative estimate of drug-likeness (QED) is 0.415. The highest BCUT2D eigenvalue weighted by molar-refractivity contribution is 6.30. The maximum absolute atomic E-state index is 13.9. The minimum atomic E-state index is -0.655. The Balaban J connectivity index is 1.53. The van der Waals surface area contributed by atoms with Gasteiger partial charge in [0.1, 0.15) is 29.8 Å². The van der Waals surface area contributed by atoms with E-state index in [4.69, 9.17) is 21.3 Å². The molecule has 3 heterocycles. The Morgan fingerprint density at radius 1 is 1.12 bits per heavy atom. The van der Waals surface area contributed by atoms with Crippen LogP contribution in [0.5, 0.6) is 0 Å². The molecule has 0 unspecified atom stereocenters. The van der Waals surface area contributed by atoms with Gasteiger partial charge in [-0.05, 0) is 31.2 Å². The fourth-order valence-corrected chi connectivity index (χ4v) is 3.72. The number of aromatic nitrogens is 3. The molecule has 34 heavy (non-hydrogen) atoms. The SMILES string of the molecule is CC1=CC(OCc2ccc(F)cc2F)=C(Cl)CN1c1cncc(-c2ccnc(C(C)(C)C)n2)c1. The molecule has 0 saturated heterocycles. The minimum absolute atomic E-state index is 0.0533. The van der Waals surface area contributed by atoms with Crippen molar-refractivity contribution in [1.82, 2.24) is 15.0 Å². The van der Waals surface area contributed by atoms with E-state index in [1.54, 1.807) is 24.7 Å². The molecular weight excluding hydrogens is 458 g/mol. The zero-order valence-electron chi connectivity index (χ0n) is 19.4. The van der Waals surface area contributed by atoms with Crippen LogP contribution >= 0.6 is 11.6 Å². The Hall–Kier alpha value is -3.32. The molecule has 0 bridgehead atoms. The fraction of sp³-hybridized carbons (Fsp3) is 0.269. The van der Waals surface area contributed by atoms with Crippen LogP contribution < -0.4 is 4.90 Å². The van der Waals surface area contributed by atoms with Gasteiger partial charge in [0.2, 0.25) is 0 Å². The molecule has 5 nitrogen and oxygen atoms in total. The first kappa shape index (κ1) is 23.8. The molecule has 0 fully saturated rings. The monoisotopic (exact) mass is 482 g/mol. The smallest absolute Gasteiger partial charge is 0.137 e. The van der Waals surface area contributed by atoms with Crippen LogP contribution in [-0.4, -0.2) is 21.5 Å². The summed E-state index contributed by atoms with van der Waals surface area (Å²) in [6, 6.07) is 7.26. The van der Waals surface area contributed by atoms with Gasteiger partial charge < -0.3 is 9.64 Å². The molecule has 0 atom stereocenters. The van der Waals surface area contributed by atoms with Crippen LogP contribution in [-0.2, 0) is 16.8 Å². The first-order valence-electron chi connectivity index (χ1n) is 10.8. The van der Waals surface area contributed by atoms with Crippen LogP contribution in [0.4, 0.5) is 14.5 Å². The molecule has 4 rings (SSSR count). The molecule has 0 amide bonds. The van der Waals surface area contributed by atoms with Crippen molar-refractivity contribution in [2.24, 2.45) is 0 Å². The number of ether oxygens (including phenoxy) is 1. The summed E-state index contributed by atoms with van der Waals surface area (Å²) in [6.45, 7) is 8.46. The van der Waals surface area contributed by atoms with E-state index in [1.807, 2.05) is 24.0 Å². The van der Waals surface area contributed by atoms with Gasteiger partial charge in [0.15, 0.2) is 0 Å². The van der Waals surface area contributed by atoms with Crippen LogP contribution in [0, 0.1) is 11.6 Å². The van der Waals surface area contributed by atoms with Crippen molar-refractivity contribution in [3.05, 3.63) is 94.5 Å². The van der Waals surface area contributed by atoms with E-state index >= 15 is 0 Å². The number of hydrogen-bond donors (Lipinski definition) is 0. The molecule has 176 valence electrons. The maximum Gasteiger partial charge on any atom is 0.137 e. The number of rotatable bonds is 5. The third-order valence-corrected chi connectivity index (χ3v) is 5.69. The summed E-state index contributed by atoms with van der Waals surface area (Å²) in [7, 11) is 0. The Kier molecular flexibility index (Phi) is 6.66. The largest absolute Gasteiger partial charge is 0.487 e. The second-order valence-corrected chi connectivity index (χ2v) is 9.57. The van der Waals surface area contributed by atoms with Crippen LogP contribution in [0.1, 0.15) is 39.1 Å². The first-order valence-corrected chi connectivity index (χ1v) is 11.2. The summed E-state index contributed by atoms with van der Waals surface area (Å²) < 4.78 is 32.8. The first-order chi connectivity index (χ1) is 16.1. The number of benzene rings is 1. The molecule has 0 N–H and O–H groups in total. The van der Waals surface area contributed by atoms with Crippen LogP contribution in [0.3, 0.4) is 0 Å². The summed E-state index contributed by atoms with van der Waals surface area (Å²) in [6.07, 6.45) is 7.08. The molecule has 0 radical (unpaired) electrons. The minimum Gasteiger partial charge on any atom is -0.487 e. The third kappa shape index (κ3) is 5.25. The summed E-state index contributed by atoms with van der Waals surface area (Å²) in [5.41, 5.74) is 3.48. The number of pyridine rings is 1. The number of hydrogen-bond acceptors (Lipinski definition) is 5. The lowest BCUT2D eigenvalue weighted by atomic mass is 9.95. The topological polar surface area (TPSA) is 51.1 Å². The van der Waals surface area contributed by atoms with Crippen molar-refractivity contribution < 1.29 is 13.5 Å². The molecule has 3 aromatic rings. The number of anilines is 1. The second kappa shape index (κ2) is 9.50. The van der Waals surface area contributed by atoms with Gasteiger partial charge >= 0.3 is 0 Å².